The van der Waals surface area contributed by atoms with Crippen molar-refractivity contribution in [2.75, 3.05) is 13.2 Å². The van der Waals surface area contributed by atoms with Crippen molar-refractivity contribution in [1.29, 1.82) is 0 Å². The molecule has 8 heterocycles. The van der Waals surface area contributed by atoms with Gasteiger partial charge in [0.1, 0.15) is 11.6 Å². The van der Waals surface area contributed by atoms with Crippen molar-refractivity contribution in [1.82, 2.24) is 39.9 Å². The van der Waals surface area contributed by atoms with Gasteiger partial charge in [0, 0.05) is 68.8 Å². The van der Waals surface area contributed by atoms with E-state index < -0.39 is 11.6 Å². The molecule has 0 aliphatic carbocycles. The third-order valence-electron chi connectivity index (χ3n) is 20.2. The smallest absolute Gasteiger partial charge is 0.449 e. The van der Waals surface area contributed by atoms with Gasteiger partial charge in [-0.3, -0.25) is 0 Å². The Labute approximate surface area is 595 Å². The van der Waals surface area contributed by atoms with Crippen LogP contribution < -0.4 is 9.97 Å². The summed E-state index contributed by atoms with van der Waals surface area (Å²) in [6, 6.07) is 52.9. The molecule has 99 heavy (non-hydrogen) atoms. The molecule has 9 aromatic rings. The zero-order valence-corrected chi connectivity index (χ0v) is 62.0. The van der Waals surface area contributed by atoms with E-state index in [4.69, 9.17) is 58.8 Å². The summed E-state index contributed by atoms with van der Waals surface area (Å²) < 4.78 is 28.9. The fourth-order valence-electron chi connectivity index (χ4n) is 14.2. The molecule has 14 rings (SSSR count). The first-order valence-electron chi connectivity index (χ1n) is 35.3. The van der Waals surface area contributed by atoms with E-state index in [9.17, 15) is 0 Å². The van der Waals surface area contributed by atoms with Crippen molar-refractivity contribution in [3.8, 4) is 44.5 Å². The molecule has 2 fully saturated rings. The Morgan fingerprint density at radius 1 is 0.283 bits per heavy atom. The summed E-state index contributed by atoms with van der Waals surface area (Å²) in [5.41, 5.74) is 18.1. The van der Waals surface area contributed by atoms with E-state index >= 15 is 0 Å². The predicted molar refractivity (Wildman–Crippen MR) is 396 cm³/mol. The Morgan fingerprint density at radius 2 is 0.505 bits per heavy atom. The van der Waals surface area contributed by atoms with Crippen molar-refractivity contribution in [3.05, 3.63) is 213 Å². The summed E-state index contributed by atoms with van der Waals surface area (Å²) in [7, 11) is 0. The van der Waals surface area contributed by atoms with Crippen molar-refractivity contribution < 1.29 is 36.0 Å². The van der Waals surface area contributed by atoms with E-state index in [1.54, 1.807) is 0 Å². The van der Waals surface area contributed by atoms with Gasteiger partial charge in [0.2, 0.25) is 0 Å². The summed E-state index contributed by atoms with van der Waals surface area (Å²) in [4.78, 5) is 45.8. The minimum Gasteiger partial charge on any atom is -0.449 e. The summed E-state index contributed by atoms with van der Waals surface area (Å²) >= 11 is 0. The van der Waals surface area contributed by atoms with Gasteiger partial charge in [-0.2, -0.15) is 0 Å². The van der Waals surface area contributed by atoms with Gasteiger partial charge in [0.15, 0.2) is 11.5 Å². The molecule has 513 valence electrons. The fourth-order valence-corrected chi connectivity index (χ4v) is 14.2. The first-order valence-corrected chi connectivity index (χ1v) is 35.3. The molecule has 5 aliphatic rings. The molecule has 2 spiro atoms. The number of nitrogens with zero attached hydrogens (tertiary/aromatic N) is 8. The van der Waals surface area contributed by atoms with Gasteiger partial charge in [0.25, 0.3) is 11.6 Å². The van der Waals surface area contributed by atoms with E-state index in [1.807, 2.05) is 0 Å². The summed E-state index contributed by atoms with van der Waals surface area (Å²) in [6.45, 7) is 41.3. The third-order valence-corrected chi connectivity index (χ3v) is 20.2. The molecule has 2 atom stereocenters. The van der Waals surface area contributed by atoms with Gasteiger partial charge in [-0.25, -0.2) is 9.97 Å². The Bertz CT molecular complexity index is 4490. The molecule has 3 aromatic heterocycles. The van der Waals surface area contributed by atoms with Crippen molar-refractivity contribution >= 4 is 45.3 Å². The molecule has 6 aromatic carbocycles. The maximum absolute atomic E-state index is 7.52. The maximum Gasteiger partial charge on any atom is 2.00 e. The SMILES string of the molecule is CC(C)(C)c1ccc(C2=C(c3ccc(C(C)(C)C)cc3)c3nc2nc2[n-]c(nc4nc(nc5[n-]c(n3)c(-c3ccc(C(C)(C)C)cc3)c5-c3ccc(C(C)(C)C)cc3)C3=C4O[C@]4(CCCCO4)[C@@]4(CCCCO4)O3)c(-c3ccc(C(C)(C)C)cc3)c2-c2ccc(C(C)(C)C)cc2)cc1.[Cu+2]. The van der Waals surface area contributed by atoms with Crippen LogP contribution in [0, 0.1) is 0 Å². The van der Waals surface area contributed by atoms with E-state index in [-0.39, 0.29) is 72.7 Å². The Hall–Kier alpha value is -8.32. The quantitative estimate of drug-likeness (QED) is 0.146. The second-order valence-electron chi connectivity index (χ2n) is 33.7. The number of fused-ring (bicyclic) bond motifs is 11. The van der Waals surface area contributed by atoms with Crippen LogP contribution >= 0.6 is 0 Å². The molecule has 2 saturated heterocycles. The molecular formula is C86H94CuN8O4. The number of rotatable bonds is 6. The molecule has 5 aliphatic heterocycles. The zero-order valence-electron chi connectivity index (χ0n) is 61.0. The van der Waals surface area contributed by atoms with Crippen LogP contribution in [0.5, 0.6) is 0 Å². The van der Waals surface area contributed by atoms with Crippen LogP contribution in [0.3, 0.4) is 0 Å². The van der Waals surface area contributed by atoms with Gasteiger partial charge >= 0.3 is 17.1 Å². The molecule has 12 nitrogen and oxygen atoms in total. The normalized spacial score (nSPS) is 18.5. The largest absolute Gasteiger partial charge is 2.00 e. The first-order chi connectivity index (χ1) is 46.2. The van der Waals surface area contributed by atoms with Crippen molar-refractivity contribution in [2.45, 2.75) is 207 Å². The topological polar surface area (TPSA) is 142 Å². The number of hydrogen-bond donors (Lipinski definition) is 0. The summed E-state index contributed by atoms with van der Waals surface area (Å²) in [5, 5.41) is 0. The summed E-state index contributed by atoms with van der Waals surface area (Å²) in [5.74, 6) is -0.748. The van der Waals surface area contributed by atoms with Crippen molar-refractivity contribution in [3.63, 3.8) is 0 Å². The Morgan fingerprint density at radius 3 is 0.727 bits per heavy atom. The van der Waals surface area contributed by atoms with Gasteiger partial charge in [-0.05, 0) is 125 Å². The number of benzene rings is 6. The zero-order chi connectivity index (χ0) is 69.3. The molecule has 0 saturated carbocycles. The molecular weight excluding hydrogens is 1270 g/mol. The van der Waals surface area contributed by atoms with E-state index in [0.717, 1.165) is 92.5 Å². The predicted octanol–water partition coefficient (Wildman–Crippen LogP) is 20.3. The van der Waals surface area contributed by atoms with E-state index in [1.165, 1.54) is 33.4 Å². The molecule has 8 bridgehead atoms. The van der Waals surface area contributed by atoms with E-state index in [0.29, 0.717) is 60.3 Å². The number of aromatic nitrogens is 8. The fraction of sp³-hybridized carbons (Fsp3) is 0.395. The molecule has 0 N–H and O–H groups in total. The Balaban J connectivity index is 0.00000880. The monoisotopic (exact) mass is 1370 g/mol. The van der Waals surface area contributed by atoms with Crippen LogP contribution in [0.1, 0.15) is 231 Å². The maximum atomic E-state index is 7.52. The first kappa shape index (κ1) is 69.2. The van der Waals surface area contributed by atoms with Gasteiger partial charge < -0.3 is 48.9 Å². The van der Waals surface area contributed by atoms with Crippen LogP contribution in [0.4, 0.5) is 0 Å². The second kappa shape index (κ2) is 25.1. The van der Waals surface area contributed by atoms with Crippen molar-refractivity contribution in [2.24, 2.45) is 0 Å². The molecule has 0 unspecified atom stereocenters. The number of ether oxygens (including phenoxy) is 4. The minimum atomic E-state index is -1.31. The van der Waals surface area contributed by atoms with E-state index in [2.05, 4.69) is 270 Å². The van der Waals surface area contributed by atoms with Crippen LogP contribution in [0.15, 0.2) is 146 Å². The van der Waals surface area contributed by atoms with Crippen LogP contribution in [0.2, 0.25) is 0 Å². The number of hydrogen-bond acceptors (Lipinski definition) is 10. The third kappa shape index (κ3) is 13.0. The molecule has 1 radical (unpaired) electrons. The minimum absolute atomic E-state index is 0. The molecule has 13 heteroatoms. The Kier molecular flexibility index (Phi) is 17.5. The average molecular weight is 1370 g/mol. The summed E-state index contributed by atoms with van der Waals surface area (Å²) in [6.07, 6.45) is 4.48. The van der Waals surface area contributed by atoms with Crippen LogP contribution in [0.25, 0.3) is 89.8 Å². The average Bonchev–Trinajstić information content (AvgIpc) is 1.70. The van der Waals surface area contributed by atoms with Crippen LogP contribution in [-0.4, -0.2) is 54.7 Å². The van der Waals surface area contributed by atoms with Gasteiger partial charge in [-0.1, -0.05) is 270 Å². The standard InChI is InChI=1S/C86H94N8O4.Cu/c1-79(2,3)57-35-23-51(24-36-57)63-64(52-25-37-58(38-26-52)80(4,5)6)72-87-71(63)88-73-65(53-27-39-59(40-28-53)81(7,8)9)67(55-31-43-61(44-32-55)83(13,14)15)75(90-73)92-77-69-70(98-86(48-20-22-50-96-86)85(97-69)47-19-21-49-95-85)78(94-77)93-76-68(56-33-45-62(46-34-56)84(16,17)18)66(74(89-72)91-76)54-29-41-60(42-30-54)82(10,11)12;/h23-46H,19-22,47-50H2,1-18H3;/q-2;+2/t85-,86-;/m1./s1. The van der Waals surface area contributed by atoms with Gasteiger partial charge in [0.05, 0.1) is 24.9 Å². The van der Waals surface area contributed by atoms with Gasteiger partial charge in [-0.15, -0.1) is 0 Å². The van der Waals surface area contributed by atoms with Crippen LogP contribution in [-0.2, 0) is 68.5 Å². The second-order valence-corrected chi connectivity index (χ2v) is 33.7. The molecule has 0 amide bonds.